The van der Waals surface area contributed by atoms with Crippen LogP contribution in [0.3, 0.4) is 0 Å². The molecule has 2 aliphatic carbocycles. The summed E-state index contributed by atoms with van der Waals surface area (Å²) in [6.07, 6.45) is 6.37. The van der Waals surface area contributed by atoms with Crippen molar-refractivity contribution in [1.29, 1.82) is 0 Å². The van der Waals surface area contributed by atoms with Crippen LogP contribution in [0.25, 0.3) is 10.8 Å². The minimum Gasteiger partial charge on any atom is -0.318 e. The number of nitrogens with zero attached hydrogens (tertiary/aromatic N) is 1. The predicted molar refractivity (Wildman–Crippen MR) is 91.1 cm³/mol. The van der Waals surface area contributed by atoms with Crippen molar-refractivity contribution in [3.63, 3.8) is 0 Å². The molecule has 3 atom stereocenters. The molecule has 2 aliphatic rings. The first kappa shape index (κ1) is 14.2. The van der Waals surface area contributed by atoms with Crippen molar-refractivity contribution in [2.24, 2.45) is 22.9 Å². The summed E-state index contributed by atoms with van der Waals surface area (Å²) in [7, 11) is 0. The summed E-state index contributed by atoms with van der Waals surface area (Å²) in [5.41, 5.74) is 1.70. The van der Waals surface area contributed by atoms with Crippen LogP contribution < -0.4 is 0 Å². The summed E-state index contributed by atoms with van der Waals surface area (Å²) in [4.78, 5) is 17.4. The van der Waals surface area contributed by atoms with Crippen molar-refractivity contribution in [3.8, 4) is 0 Å². The van der Waals surface area contributed by atoms with Gasteiger partial charge in [0.1, 0.15) is 0 Å². The van der Waals surface area contributed by atoms with E-state index in [4.69, 9.17) is 4.84 Å². The maximum Gasteiger partial charge on any atom is 0.338 e. The van der Waals surface area contributed by atoms with Gasteiger partial charge in [-0.2, -0.15) is 0 Å². The maximum absolute atomic E-state index is 12.2. The van der Waals surface area contributed by atoms with E-state index in [0.717, 1.165) is 29.5 Å². The van der Waals surface area contributed by atoms with E-state index in [9.17, 15) is 4.79 Å². The van der Waals surface area contributed by atoms with Crippen molar-refractivity contribution in [2.45, 2.75) is 19.8 Å². The van der Waals surface area contributed by atoms with Crippen molar-refractivity contribution in [1.82, 2.24) is 0 Å². The molecule has 1 fully saturated rings. The Bertz CT molecular complexity index is 821. The lowest BCUT2D eigenvalue weighted by atomic mass is 9.94. The Morgan fingerprint density at radius 1 is 1.09 bits per heavy atom. The molecule has 0 aliphatic heterocycles. The predicted octanol–water partition coefficient (Wildman–Crippen LogP) is 4.32. The smallest absolute Gasteiger partial charge is 0.318 e. The molecule has 0 spiro atoms. The van der Waals surface area contributed by atoms with Crippen LogP contribution in [0.1, 0.15) is 25.3 Å². The van der Waals surface area contributed by atoms with E-state index in [1.165, 1.54) is 5.39 Å². The van der Waals surface area contributed by atoms with Gasteiger partial charge in [0.25, 0.3) is 0 Å². The summed E-state index contributed by atoms with van der Waals surface area (Å²) in [5.74, 6) is 0.701. The fourth-order valence-electron chi connectivity index (χ4n) is 3.70. The van der Waals surface area contributed by atoms with Crippen LogP contribution in [0.2, 0.25) is 0 Å². The quantitative estimate of drug-likeness (QED) is 0.366. The second-order valence-corrected chi connectivity index (χ2v) is 6.54. The lowest BCUT2D eigenvalue weighted by Gasteiger charge is -2.14. The second-order valence-electron chi connectivity index (χ2n) is 6.54. The molecule has 3 nitrogen and oxygen atoms in total. The van der Waals surface area contributed by atoms with Gasteiger partial charge in [-0.1, -0.05) is 53.7 Å². The molecule has 23 heavy (non-hydrogen) atoms. The molecule has 0 aromatic heterocycles. The van der Waals surface area contributed by atoms with Gasteiger partial charge >= 0.3 is 5.97 Å². The van der Waals surface area contributed by atoms with E-state index >= 15 is 0 Å². The van der Waals surface area contributed by atoms with Crippen LogP contribution in [-0.2, 0) is 9.63 Å². The molecule has 0 heterocycles. The fourth-order valence-corrected chi connectivity index (χ4v) is 3.70. The Morgan fingerprint density at radius 3 is 2.65 bits per heavy atom. The fraction of sp³-hybridized carbons (Fsp3) is 0.300. The number of rotatable bonds is 3. The molecule has 1 saturated carbocycles. The average molecular weight is 305 g/mol. The van der Waals surface area contributed by atoms with Crippen LogP contribution >= 0.6 is 0 Å². The number of allylic oxidation sites excluding steroid dienone is 2. The number of hydrogen-bond donors (Lipinski definition) is 0. The third-order valence-corrected chi connectivity index (χ3v) is 5.02. The molecule has 0 radical (unpaired) electrons. The van der Waals surface area contributed by atoms with Gasteiger partial charge in [-0.05, 0) is 54.0 Å². The highest BCUT2D eigenvalue weighted by atomic mass is 16.7. The van der Waals surface area contributed by atoms with Crippen LogP contribution in [0.5, 0.6) is 0 Å². The van der Waals surface area contributed by atoms with Crippen molar-refractivity contribution in [3.05, 3.63) is 60.2 Å². The van der Waals surface area contributed by atoms with Gasteiger partial charge in [-0.25, -0.2) is 4.79 Å². The zero-order chi connectivity index (χ0) is 15.8. The van der Waals surface area contributed by atoms with Gasteiger partial charge in [0.15, 0.2) is 0 Å². The third kappa shape index (κ3) is 2.67. The van der Waals surface area contributed by atoms with E-state index in [0.29, 0.717) is 11.8 Å². The highest BCUT2D eigenvalue weighted by molar-refractivity contribution is 6.01. The first-order valence-electron chi connectivity index (χ1n) is 8.13. The zero-order valence-electron chi connectivity index (χ0n) is 13.1. The van der Waals surface area contributed by atoms with Gasteiger partial charge in [-0.3, -0.25) is 0 Å². The van der Waals surface area contributed by atoms with E-state index in [-0.39, 0.29) is 11.9 Å². The molecule has 4 rings (SSSR count). The normalized spacial score (nSPS) is 26.0. The lowest BCUT2D eigenvalue weighted by molar-refractivity contribution is -0.149. The first-order valence-corrected chi connectivity index (χ1v) is 8.13. The number of benzene rings is 2. The largest absolute Gasteiger partial charge is 0.338 e. The summed E-state index contributed by atoms with van der Waals surface area (Å²) >= 11 is 0. The van der Waals surface area contributed by atoms with Gasteiger partial charge in [0, 0.05) is 0 Å². The summed E-state index contributed by atoms with van der Waals surface area (Å²) < 4.78 is 0. The van der Waals surface area contributed by atoms with Crippen molar-refractivity contribution < 1.29 is 9.63 Å². The van der Waals surface area contributed by atoms with E-state index in [1.807, 2.05) is 25.1 Å². The first-order chi connectivity index (χ1) is 11.2. The molecule has 3 unspecified atom stereocenters. The molecular weight excluding hydrogens is 286 g/mol. The van der Waals surface area contributed by atoms with Crippen LogP contribution in [0.4, 0.5) is 0 Å². The van der Waals surface area contributed by atoms with Crippen LogP contribution in [0.15, 0.2) is 59.8 Å². The minimum absolute atomic E-state index is 0.0156. The third-order valence-electron chi connectivity index (χ3n) is 5.02. The summed E-state index contributed by atoms with van der Waals surface area (Å²) in [5, 5.41) is 6.42. The number of oxime groups is 1. The highest BCUT2D eigenvalue weighted by Crippen LogP contribution is 2.43. The van der Waals surface area contributed by atoms with Gasteiger partial charge in [-0.15, -0.1) is 0 Å². The molecule has 2 aromatic rings. The SMILES string of the molecule is C/C(=N\OC(=O)C1CC2C=CC1C2)c1ccc2ccccc2c1. The van der Waals surface area contributed by atoms with Gasteiger partial charge in [0.05, 0.1) is 11.6 Å². The number of carbonyl (C=O) groups is 1. The number of fused-ring (bicyclic) bond motifs is 3. The Balaban J connectivity index is 1.49. The maximum atomic E-state index is 12.2. The summed E-state index contributed by atoms with van der Waals surface area (Å²) in [6.45, 7) is 1.87. The van der Waals surface area contributed by atoms with E-state index in [1.54, 1.807) is 0 Å². The molecule has 0 saturated heterocycles. The van der Waals surface area contributed by atoms with Crippen LogP contribution in [0, 0.1) is 17.8 Å². The summed E-state index contributed by atoms with van der Waals surface area (Å²) in [6, 6.07) is 14.3. The standard InChI is InChI=1S/C20H19NO2/c1-13(16-9-8-15-4-2-3-5-17(15)12-16)21-23-20(22)19-11-14-6-7-18(19)10-14/h2-9,12,14,18-19H,10-11H2,1H3/b21-13+. The zero-order valence-corrected chi connectivity index (χ0v) is 13.1. The Labute approximate surface area is 135 Å². The van der Waals surface area contributed by atoms with Crippen molar-refractivity contribution >= 4 is 22.5 Å². The Hall–Kier alpha value is -2.42. The molecule has 116 valence electrons. The highest BCUT2D eigenvalue weighted by Gasteiger charge is 2.41. The Kier molecular flexibility index (Phi) is 3.49. The monoisotopic (exact) mass is 305 g/mol. The topological polar surface area (TPSA) is 38.7 Å². The average Bonchev–Trinajstić information content (AvgIpc) is 3.22. The number of carbonyl (C=O) groups excluding carboxylic acids is 1. The van der Waals surface area contributed by atoms with E-state index in [2.05, 4.69) is 41.6 Å². The van der Waals surface area contributed by atoms with Gasteiger partial charge < -0.3 is 4.84 Å². The molecule has 2 bridgehead atoms. The molecule has 0 amide bonds. The number of hydrogen-bond acceptors (Lipinski definition) is 3. The lowest BCUT2D eigenvalue weighted by Crippen LogP contribution is -2.20. The van der Waals surface area contributed by atoms with Gasteiger partial charge in [0.2, 0.25) is 0 Å². The molecule has 0 N–H and O–H groups in total. The molecule has 2 aromatic carbocycles. The minimum atomic E-state index is -0.193. The van der Waals surface area contributed by atoms with Crippen molar-refractivity contribution in [2.75, 3.05) is 0 Å². The molecular formula is C20H19NO2. The Morgan fingerprint density at radius 2 is 1.91 bits per heavy atom. The molecule has 3 heteroatoms. The van der Waals surface area contributed by atoms with Crippen LogP contribution in [-0.4, -0.2) is 11.7 Å². The van der Waals surface area contributed by atoms with E-state index < -0.39 is 0 Å². The second kappa shape index (κ2) is 5.65.